The van der Waals surface area contributed by atoms with Crippen LogP contribution in [0.1, 0.15) is 143 Å². The third kappa shape index (κ3) is 8.28. The molecule has 0 unspecified atom stereocenters. The Morgan fingerprint density at radius 2 is 1.10 bits per heavy atom. The highest BCUT2D eigenvalue weighted by atomic mass is 16.5. The summed E-state index contributed by atoms with van der Waals surface area (Å²) in [6.45, 7) is 12.2. The Morgan fingerprint density at radius 1 is 0.583 bits per heavy atom. The smallest absolute Gasteiger partial charge is 0.330 e. The molecule has 0 aliphatic heterocycles. The van der Waals surface area contributed by atoms with Gasteiger partial charge in [-0.2, -0.15) is 0 Å². The molecule has 48 heavy (non-hydrogen) atoms. The van der Waals surface area contributed by atoms with Gasteiger partial charge in [0.25, 0.3) is 0 Å². The van der Waals surface area contributed by atoms with Gasteiger partial charge in [0, 0.05) is 5.41 Å². The maximum absolute atomic E-state index is 10.8. The van der Waals surface area contributed by atoms with Crippen LogP contribution >= 0.6 is 0 Å². The highest BCUT2D eigenvalue weighted by molar-refractivity contribution is 6.47. The third-order valence-corrected chi connectivity index (χ3v) is 11.3. The quantitative estimate of drug-likeness (QED) is 0.0814. The van der Waals surface area contributed by atoms with E-state index in [2.05, 4.69) is 92.7 Å². The van der Waals surface area contributed by atoms with Gasteiger partial charge >= 0.3 is 7.48 Å². The van der Waals surface area contributed by atoms with Crippen LogP contribution in [-0.2, 0) is 10.1 Å². The van der Waals surface area contributed by atoms with Crippen LogP contribution in [-0.4, -0.2) is 23.8 Å². The number of hydrogen-bond donors (Lipinski definition) is 1. The van der Waals surface area contributed by atoms with Gasteiger partial charge in [-0.1, -0.05) is 163 Å². The summed E-state index contributed by atoms with van der Waals surface area (Å²) in [7, 11) is 1.88. The van der Waals surface area contributed by atoms with Crippen molar-refractivity contribution in [2.75, 3.05) is 0 Å². The summed E-state index contributed by atoms with van der Waals surface area (Å²) in [5.41, 5.74) is 7.73. The van der Waals surface area contributed by atoms with Gasteiger partial charge in [-0.05, 0) is 96.8 Å². The van der Waals surface area contributed by atoms with Crippen LogP contribution in [0.3, 0.4) is 0 Å². The fourth-order valence-electron chi connectivity index (χ4n) is 7.57. The first-order valence-corrected chi connectivity index (χ1v) is 19.1. The van der Waals surface area contributed by atoms with E-state index in [4.69, 9.17) is 4.65 Å². The van der Waals surface area contributed by atoms with Gasteiger partial charge < -0.3 is 9.76 Å². The lowest BCUT2D eigenvalue weighted by atomic mass is 9.69. The maximum Gasteiger partial charge on any atom is 0.330 e. The van der Waals surface area contributed by atoms with Crippen molar-refractivity contribution in [3.8, 4) is 22.3 Å². The Labute approximate surface area is 293 Å². The van der Waals surface area contributed by atoms with Crippen molar-refractivity contribution in [2.24, 2.45) is 0 Å². The van der Waals surface area contributed by atoms with Crippen molar-refractivity contribution in [3.05, 3.63) is 90.0 Å². The molecular formula is C45H60BO2. The first-order chi connectivity index (χ1) is 23.1. The molecule has 2 nitrogen and oxygen atoms in total. The monoisotopic (exact) mass is 643 g/mol. The molecule has 1 N–H and O–H groups in total. The van der Waals surface area contributed by atoms with E-state index in [0.717, 1.165) is 5.46 Å². The molecular weight excluding hydrogens is 583 g/mol. The fraction of sp³-hybridized carbons (Fsp3) is 0.511. The number of fused-ring (bicyclic) bond motifs is 4. The first kappa shape index (κ1) is 36.4. The second kappa shape index (κ2) is 16.2. The molecule has 0 bridgehead atoms. The molecule has 5 rings (SSSR count). The van der Waals surface area contributed by atoms with Crippen molar-refractivity contribution < 1.29 is 9.76 Å². The van der Waals surface area contributed by atoms with Crippen molar-refractivity contribution >= 4 is 23.7 Å². The van der Waals surface area contributed by atoms with E-state index in [1.54, 1.807) is 0 Å². The molecule has 0 atom stereocenters. The molecule has 1 radical (unpaired) electrons. The molecule has 1 aliphatic rings. The summed E-state index contributed by atoms with van der Waals surface area (Å²) in [4.78, 5) is 0. The lowest BCUT2D eigenvalue weighted by Crippen LogP contribution is -2.49. The average molecular weight is 644 g/mol. The fourth-order valence-corrected chi connectivity index (χ4v) is 7.57. The van der Waals surface area contributed by atoms with Crippen LogP contribution in [0.25, 0.3) is 33.0 Å². The van der Waals surface area contributed by atoms with Crippen LogP contribution in [0.15, 0.2) is 78.9 Å². The highest BCUT2D eigenvalue weighted by Crippen LogP contribution is 2.55. The van der Waals surface area contributed by atoms with Gasteiger partial charge in [0.2, 0.25) is 0 Å². The summed E-state index contributed by atoms with van der Waals surface area (Å²) >= 11 is 0. The first-order valence-electron chi connectivity index (χ1n) is 19.1. The summed E-state index contributed by atoms with van der Waals surface area (Å²) < 4.78 is 6.29. The van der Waals surface area contributed by atoms with Crippen molar-refractivity contribution in [3.63, 3.8) is 0 Å². The van der Waals surface area contributed by atoms with E-state index in [-0.39, 0.29) is 5.41 Å². The number of rotatable bonds is 19. The Morgan fingerprint density at radius 3 is 1.73 bits per heavy atom. The van der Waals surface area contributed by atoms with Crippen LogP contribution < -0.4 is 5.46 Å². The van der Waals surface area contributed by atoms with Crippen molar-refractivity contribution in [1.82, 2.24) is 0 Å². The maximum atomic E-state index is 10.8. The molecule has 0 fully saturated rings. The Hall–Kier alpha value is -2.88. The number of hydrogen-bond acceptors (Lipinski definition) is 2. The SMILES string of the molecule is CCCCCCCCC1(CCCCCCCC)c2cc([B]OC(C)(C)C(C)(C)O)ccc2-c2ccc(-c3ccc4ccccc4c3)cc21. The lowest BCUT2D eigenvalue weighted by molar-refractivity contribution is -0.0893. The summed E-state index contributed by atoms with van der Waals surface area (Å²) in [6, 6.07) is 29.8. The van der Waals surface area contributed by atoms with Gasteiger partial charge in [0.1, 0.15) is 0 Å². The highest BCUT2D eigenvalue weighted by Gasteiger charge is 2.43. The number of unbranched alkanes of at least 4 members (excludes halogenated alkanes) is 10. The molecule has 0 amide bonds. The predicted octanol–water partition coefficient (Wildman–Crippen LogP) is 12.1. The molecule has 3 heteroatoms. The van der Waals surface area contributed by atoms with E-state index in [1.807, 2.05) is 35.2 Å². The minimum atomic E-state index is -0.963. The third-order valence-electron chi connectivity index (χ3n) is 11.3. The molecule has 4 aromatic rings. The molecule has 0 spiro atoms. The Bertz CT molecular complexity index is 1610. The largest absolute Gasteiger partial charge is 0.427 e. The Kier molecular flexibility index (Phi) is 12.3. The normalized spacial score (nSPS) is 13.9. The van der Waals surface area contributed by atoms with Crippen molar-refractivity contribution in [2.45, 2.75) is 148 Å². The zero-order chi connectivity index (χ0) is 34.2. The standard InChI is InChI=1S/C45H60BO2/c1-7-9-11-13-15-19-29-45(30-20-16-14-12-10-8-2)41-32-37(36-24-23-34-21-17-18-22-35(34)31-36)25-27-39(41)40-28-26-38(33-42(40)45)46-48-44(5,6)43(3,4)47/h17-18,21-28,31-33,47H,7-16,19-20,29-30H2,1-6H3. The average Bonchev–Trinajstić information content (AvgIpc) is 3.34. The molecule has 0 heterocycles. The van der Waals surface area contributed by atoms with Gasteiger partial charge in [-0.3, -0.25) is 0 Å². The van der Waals surface area contributed by atoms with Crippen molar-refractivity contribution in [1.29, 1.82) is 0 Å². The minimum Gasteiger partial charge on any atom is -0.427 e. The van der Waals surface area contributed by atoms with Crippen LogP contribution in [0.2, 0.25) is 0 Å². The van der Waals surface area contributed by atoms with E-state index < -0.39 is 11.2 Å². The number of aliphatic hydroxyl groups is 1. The molecule has 0 saturated heterocycles. The van der Waals surface area contributed by atoms with Gasteiger partial charge in [0.15, 0.2) is 0 Å². The van der Waals surface area contributed by atoms with E-state index in [1.165, 1.54) is 134 Å². The van der Waals surface area contributed by atoms with Gasteiger partial charge in [-0.15, -0.1) is 0 Å². The zero-order valence-electron chi connectivity index (χ0n) is 30.8. The minimum absolute atomic E-state index is 0.0251. The topological polar surface area (TPSA) is 29.5 Å². The van der Waals surface area contributed by atoms with Crippen LogP contribution in [0, 0.1) is 0 Å². The summed E-state index contributed by atoms with van der Waals surface area (Å²) in [6.07, 6.45) is 18.0. The molecule has 4 aromatic carbocycles. The molecule has 0 saturated carbocycles. The summed E-state index contributed by atoms with van der Waals surface area (Å²) in [5, 5.41) is 13.3. The van der Waals surface area contributed by atoms with Crippen LogP contribution in [0.4, 0.5) is 0 Å². The van der Waals surface area contributed by atoms with Gasteiger partial charge in [-0.25, -0.2) is 0 Å². The second-order valence-electron chi connectivity index (χ2n) is 15.5. The van der Waals surface area contributed by atoms with Crippen LogP contribution in [0.5, 0.6) is 0 Å². The van der Waals surface area contributed by atoms with E-state index >= 15 is 0 Å². The Balaban J connectivity index is 1.55. The number of benzene rings is 4. The summed E-state index contributed by atoms with van der Waals surface area (Å²) in [5.74, 6) is 0. The van der Waals surface area contributed by atoms with E-state index in [9.17, 15) is 5.11 Å². The van der Waals surface area contributed by atoms with E-state index in [0.29, 0.717) is 0 Å². The molecule has 1 aliphatic carbocycles. The second-order valence-corrected chi connectivity index (χ2v) is 15.5. The van der Waals surface area contributed by atoms with Gasteiger partial charge in [0.05, 0.1) is 11.2 Å². The predicted molar refractivity (Wildman–Crippen MR) is 208 cm³/mol. The lowest BCUT2D eigenvalue weighted by Gasteiger charge is -2.37. The molecule has 255 valence electrons. The zero-order valence-corrected chi connectivity index (χ0v) is 30.8. The molecule has 0 aromatic heterocycles.